The summed E-state index contributed by atoms with van der Waals surface area (Å²) in [5.41, 5.74) is 9.67. The summed E-state index contributed by atoms with van der Waals surface area (Å²) < 4.78 is 5.88. The van der Waals surface area contributed by atoms with E-state index in [1.807, 2.05) is 32.0 Å². The van der Waals surface area contributed by atoms with Gasteiger partial charge in [0.25, 0.3) is 0 Å². The smallest absolute Gasteiger partial charge is 0.328 e. The number of anilines is 3. The van der Waals surface area contributed by atoms with Crippen LogP contribution in [0, 0.1) is 36.5 Å². The molecule has 0 amide bonds. The van der Waals surface area contributed by atoms with Gasteiger partial charge in [-0.05, 0) is 73.0 Å². The molecule has 8 heteroatoms. The molecule has 0 spiro atoms. The van der Waals surface area contributed by atoms with Gasteiger partial charge in [-0.25, -0.2) is 0 Å². The molecule has 8 nitrogen and oxygen atoms in total. The molecule has 0 saturated carbocycles. The van der Waals surface area contributed by atoms with Crippen molar-refractivity contribution in [3.8, 4) is 23.9 Å². The van der Waals surface area contributed by atoms with Crippen molar-refractivity contribution in [1.29, 1.82) is 10.5 Å². The van der Waals surface area contributed by atoms with Crippen LogP contribution >= 0.6 is 0 Å². The molecule has 0 aliphatic rings. The van der Waals surface area contributed by atoms with Crippen LogP contribution in [0.2, 0.25) is 0 Å². The average molecular weight is 383 g/mol. The Morgan fingerprint density at radius 3 is 2.34 bits per heavy atom. The molecule has 0 aliphatic carbocycles. The second kappa shape index (κ2) is 8.51. The molecule has 0 aliphatic heterocycles. The topological polar surface area (TPSA) is 134 Å². The summed E-state index contributed by atoms with van der Waals surface area (Å²) in [5.74, 6) is 0.838. The summed E-state index contributed by atoms with van der Waals surface area (Å²) in [6, 6.07) is 14.7. The maximum atomic E-state index is 8.88. The summed E-state index contributed by atoms with van der Waals surface area (Å²) in [4.78, 5) is 12.4. The number of aromatic nitrogens is 3. The maximum Gasteiger partial charge on any atom is 0.328 e. The van der Waals surface area contributed by atoms with E-state index >= 15 is 0 Å². The van der Waals surface area contributed by atoms with E-state index in [0.717, 1.165) is 16.7 Å². The monoisotopic (exact) mass is 383 g/mol. The third-order valence-electron chi connectivity index (χ3n) is 3.93. The van der Waals surface area contributed by atoms with E-state index in [2.05, 4.69) is 26.3 Å². The molecule has 1 heterocycles. The zero-order valence-electron chi connectivity index (χ0n) is 15.8. The largest absolute Gasteiger partial charge is 0.424 e. The number of allylic oxidation sites excluding steroid dienone is 1. The second-order valence-corrected chi connectivity index (χ2v) is 6.16. The van der Waals surface area contributed by atoms with E-state index in [9.17, 15) is 0 Å². The summed E-state index contributed by atoms with van der Waals surface area (Å²) in [5, 5.41) is 20.6. The number of benzene rings is 2. The van der Waals surface area contributed by atoms with Gasteiger partial charge in [0.15, 0.2) is 0 Å². The number of aryl methyl sites for hydroxylation is 2. The Balaban J connectivity index is 1.86. The number of ether oxygens (including phenoxy) is 1. The Morgan fingerprint density at radius 2 is 1.72 bits per heavy atom. The van der Waals surface area contributed by atoms with Crippen molar-refractivity contribution in [1.82, 2.24) is 15.0 Å². The van der Waals surface area contributed by atoms with Crippen molar-refractivity contribution in [2.75, 3.05) is 11.1 Å². The first-order valence-corrected chi connectivity index (χ1v) is 8.62. The SMILES string of the molecule is Cc1cc(/C=C/C#N)cc(C)c1Oc1nc(N)nc(Nc2ccc(C#N)cc2)n1. The molecule has 3 rings (SSSR count). The van der Waals surface area contributed by atoms with Crippen LogP contribution in [0.3, 0.4) is 0 Å². The second-order valence-electron chi connectivity index (χ2n) is 6.16. The Kier molecular flexibility index (Phi) is 5.67. The summed E-state index contributed by atoms with van der Waals surface area (Å²) >= 11 is 0. The molecule has 1 aromatic heterocycles. The van der Waals surface area contributed by atoms with Crippen molar-refractivity contribution < 1.29 is 4.74 Å². The first-order valence-electron chi connectivity index (χ1n) is 8.62. The minimum atomic E-state index is 0.00928. The lowest BCUT2D eigenvalue weighted by atomic mass is 10.1. The molecule has 0 atom stereocenters. The standard InChI is InChI=1S/C21H17N7O/c1-13-10-16(4-3-9-22)11-14(2)18(13)29-21-27-19(24)26-20(28-21)25-17-7-5-15(12-23)6-8-17/h3-8,10-11H,1-2H3,(H3,24,25,26,27,28)/b4-3+. The maximum absolute atomic E-state index is 8.88. The molecule has 0 bridgehead atoms. The highest BCUT2D eigenvalue weighted by Gasteiger charge is 2.12. The number of hydrogen-bond acceptors (Lipinski definition) is 8. The molecule has 2 aromatic carbocycles. The number of nitrogens with zero attached hydrogens (tertiary/aromatic N) is 5. The zero-order valence-corrected chi connectivity index (χ0v) is 15.8. The van der Waals surface area contributed by atoms with E-state index in [0.29, 0.717) is 17.0 Å². The molecule has 0 radical (unpaired) electrons. The van der Waals surface area contributed by atoms with E-state index in [1.165, 1.54) is 6.08 Å². The van der Waals surface area contributed by atoms with Gasteiger partial charge >= 0.3 is 6.01 Å². The fourth-order valence-electron chi connectivity index (χ4n) is 2.70. The fourth-order valence-corrected chi connectivity index (χ4v) is 2.70. The predicted octanol–water partition coefficient (Wildman–Crippen LogP) is 4.02. The lowest BCUT2D eigenvalue weighted by molar-refractivity contribution is 0.435. The Bertz CT molecular complexity index is 1130. The zero-order chi connectivity index (χ0) is 20.8. The number of nitrogens with one attached hydrogen (secondary N) is 1. The molecule has 142 valence electrons. The molecule has 0 unspecified atom stereocenters. The summed E-state index contributed by atoms with van der Waals surface area (Å²) in [6.07, 6.45) is 3.15. The predicted molar refractivity (Wildman–Crippen MR) is 109 cm³/mol. The van der Waals surface area contributed by atoms with Crippen molar-refractivity contribution in [2.45, 2.75) is 13.8 Å². The van der Waals surface area contributed by atoms with Crippen LogP contribution in [0.1, 0.15) is 22.3 Å². The number of nitriles is 2. The van der Waals surface area contributed by atoms with E-state index in [4.69, 9.17) is 21.0 Å². The fraction of sp³-hybridized carbons (Fsp3) is 0.0952. The van der Waals surface area contributed by atoms with Crippen molar-refractivity contribution in [2.24, 2.45) is 0 Å². The first-order chi connectivity index (χ1) is 14.0. The minimum absolute atomic E-state index is 0.00928. The van der Waals surface area contributed by atoms with Crippen LogP contribution in [-0.4, -0.2) is 15.0 Å². The van der Waals surface area contributed by atoms with Gasteiger partial charge in [0.1, 0.15) is 5.75 Å². The quantitative estimate of drug-likeness (QED) is 0.631. The first kappa shape index (κ1) is 19.3. The third-order valence-corrected chi connectivity index (χ3v) is 3.93. The van der Waals surface area contributed by atoms with Crippen molar-refractivity contribution >= 4 is 23.7 Å². The average Bonchev–Trinajstić information content (AvgIpc) is 2.69. The van der Waals surface area contributed by atoms with Crippen LogP contribution in [0.25, 0.3) is 6.08 Å². The molecular weight excluding hydrogens is 366 g/mol. The van der Waals surface area contributed by atoms with Gasteiger partial charge in [-0.3, -0.25) is 0 Å². The molecule has 0 saturated heterocycles. The summed E-state index contributed by atoms with van der Waals surface area (Å²) in [6.45, 7) is 3.79. The Labute approximate surface area is 167 Å². The van der Waals surface area contributed by atoms with Crippen LogP contribution in [0.4, 0.5) is 17.6 Å². The normalized spacial score (nSPS) is 10.3. The molecule has 3 aromatic rings. The van der Waals surface area contributed by atoms with Crippen molar-refractivity contribution in [3.05, 3.63) is 64.7 Å². The highest BCUT2D eigenvalue weighted by atomic mass is 16.5. The molecule has 29 heavy (non-hydrogen) atoms. The van der Waals surface area contributed by atoms with Gasteiger partial charge in [0.05, 0.1) is 17.7 Å². The van der Waals surface area contributed by atoms with Crippen LogP contribution in [0.5, 0.6) is 11.8 Å². The van der Waals surface area contributed by atoms with E-state index in [1.54, 1.807) is 30.3 Å². The van der Waals surface area contributed by atoms with Crippen LogP contribution < -0.4 is 15.8 Å². The van der Waals surface area contributed by atoms with Gasteiger partial charge in [0, 0.05) is 11.8 Å². The van der Waals surface area contributed by atoms with Crippen molar-refractivity contribution in [3.63, 3.8) is 0 Å². The van der Waals surface area contributed by atoms with Gasteiger partial charge in [-0.2, -0.15) is 25.5 Å². The Hall–Kier alpha value is -4.43. The number of hydrogen-bond donors (Lipinski definition) is 2. The number of rotatable bonds is 5. The highest BCUT2D eigenvalue weighted by Crippen LogP contribution is 2.29. The third kappa shape index (κ3) is 4.85. The Morgan fingerprint density at radius 1 is 1.03 bits per heavy atom. The molecule has 3 N–H and O–H groups in total. The van der Waals surface area contributed by atoms with Gasteiger partial charge in [-0.15, -0.1) is 0 Å². The van der Waals surface area contributed by atoms with E-state index in [-0.39, 0.29) is 17.9 Å². The molecular formula is C21H17N7O. The summed E-state index contributed by atoms with van der Waals surface area (Å²) in [7, 11) is 0. The van der Waals surface area contributed by atoms with E-state index < -0.39 is 0 Å². The lowest BCUT2D eigenvalue weighted by Crippen LogP contribution is -2.06. The van der Waals surface area contributed by atoms with Gasteiger partial charge < -0.3 is 15.8 Å². The molecule has 0 fully saturated rings. The lowest BCUT2D eigenvalue weighted by Gasteiger charge is -2.12. The van der Waals surface area contributed by atoms with Crippen LogP contribution in [-0.2, 0) is 0 Å². The highest BCUT2D eigenvalue weighted by molar-refractivity contribution is 5.58. The van der Waals surface area contributed by atoms with Gasteiger partial charge in [-0.1, -0.05) is 0 Å². The minimum Gasteiger partial charge on any atom is -0.424 e. The van der Waals surface area contributed by atoms with Crippen LogP contribution in [0.15, 0.2) is 42.5 Å². The number of nitrogens with two attached hydrogens (primary N) is 1. The number of nitrogen functional groups attached to an aromatic ring is 1. The van der Waals surface area contributed by atoms with Gasteiger partial charge in [0.2, 0.25) is 11.9 Å².